The summed E-state index contributed by atoms with van der Waals surface area (Å²) in [6.45, 7) is 2.90. The number of nitrogens with zero attached hydrogens (tertiary/aromatic N) is 1. The number of benzene rings is 1. The highest BCUT2D eigenvalue weighted by Crippen LogP contribution is 2.27. The van der Waals surface area contributed by atoms with Crippen LogP contribution >= 0.6 is 0 Å². The molecule has 0 bridgehead atoms. The number of anilines is 1. The van der Waals surface area contributed by atoms with E-state index >= 15 is 0 Å². The summed E-state index contributed by atoms with van der Waals surface area (Å²) in [5.41, 5.74) is 4.75. The first kappa shape index (κ1) is 14.3. The van der Waals surface area contributed by atoms with Crippen molar-refractivity contribution in [3.05, 3.63) is 33.9 Å². The Balaban J connectivity index is 2.13. The molecule has 0 saturated carbocycles. The fourth-order valence-electron chi connectivity index (χ4n) is 2.29. The molecule has 1 aromatic rings. The highest BCUT2D eigenvalue weighted by molar-refractivity contribution is 6.00. The Morgan fingerprint density at radius 3 is 2.95 bits per heavy atom. The lowest BCUT2D eigenvalue weighted by Gasteiger charge is -2.23. The van der Waals surface area contributed by atoms with Crippen LogP contribution < -0.4 is 11.1 Å². The number of nitrogens with one attached hydrogen (secondary N) is 1. The molecule has 20 heavy (non-hydrogen) atoms. The minimum atomic E-state index is -0.641. The molecule has 1 aliphatic heterocycles. The Kier molecular flexibility index (Phi) is 3.89. The molecule has 1 fully saturated rings. The van der Waals surface area contributed by atoms with Crippen molar-refractivity contribution < 1.29 is 14.5 Å². The van der Waals surface area contributed by atoms with Crippen LogP contribution in [-0.2, 0) is 4.74 Å². The highest BCUT2D eigenvalue weighted by atomic mass is 16.6. The molecule has 0 radical (unpaired) electrons. The molecule has 1 unspecified atom stereocenters. The number of amides is 1. The molecular formula is C13H17N3O4. The first-order valence-electron chi connectivity index (χ1n) is 6.38. The topological polar surface area (TPSA) is 107 Å². The second-order valence-corrected chi connectivity index (χ2v) is 5.09. The number of nitro groups is 1. The Hall–Kier alpha value is -2.15. The lowest BCUT2D eigenvalue weighted by Crippen LogP contribution is -2.40. The maximum absolute atomic E-state index is 12.1. The molecule has 2 rings (SSSR count). The number of para-hydroxylation sites is 1. The molecule has 3 N–H and O–H groups in total. The number of nitrogen functional groups attached to an aromatic ring is 1. The highest BCUT2D eigenvalue weighted by Gasteiger charge is 2.31. The monoisotopic (exact) mass is 279 g/mol. The van der Waals surface area contributed by atoms with Gasteiger partial charge in [0.25, 0.3) is 5.91 Å². The van der Waals surface area contributed by atoms with Crippen molar-refractivity contribution in [3.63, 3.8) is 0 Å². The van der Waals surface area contributed by atoms with Crippen LogP contribution in [0.3, 0.4) is 0 Å². The van der Waals surface area contributed by atoms with Crippen molar-refractivity contribution in [2.45, 2.75) is 25.4 Å². The van der Waals surface area contributed by atoms with Crippen molar-refractivity contribution in [1.82, 2.24) is 5.32 Å². The van der Waals surface area contributed by atoms with Gasteiger partial charge in [-0.2, -0.15) is 0 Å². The quantitative estimate of drug-likeness (QED) is 0.493. The standard InChI is InChI=1S/C13H17N3O4/c1-13(6-3-7-20-13)8-15-12(17)9-4-2-5-10(14)11(9)16(18)19/h2,4-5H,3,6-8,14H2,1H3,(H,15,17). The molecule has 7 heteroatoms. The number of hydrogen-bond donors (Lipinski definition) is 2. The Morgan fingerprint density at radius 1 is 1.60 bits per heavy atom. The Bertz CT molecular complexity index is 538. The van der Waals surface area contributed by atoms with Crippen LogP contribution in [0.5, 0.6) is 0 Å². The largest absolute Gasteiger partial charge is 0.393 e. The summed E-state index contributed by atoms with van der Waals surface area (Å²) in [6, 6.07) is 4.31. The van der Waals surface area contributed by atoms with E-state index in [0.29, 0.717) is 13.2 Å². The molecule has 1 atom stereocenters. The molecule has 7 nitrogen and oxygen atoms in total. The van der Waals surface area contributed by atoms with E-state index in [1.54, 1.807) is 0 Å². The summed E-state index contributed by atoms with van der Waals surface area (Å²) in [6.07, 6.45) is 1.80. The average molecular weight is 279 g/mol. The van der Waals surface area contributed by atoms with Gasteiger partial charge in [0.15, 0.2) is 0 Å². The summed E-state index contributed by atoms with van der Waals surface area (Å²) in [7, 11) is 0. The SMILES string of the molecule is CC1(CNC(=O)c2cccc(N)c2[N+](=O)[O-])CCCO1. The second kappa shape index (κ2) is 5.46. The van der Waals surface area contributed by atoms with E-state index < -0.39 is 16.4 Å². The van der Waals surface area contributed by atoms with Gasteiger partial charge < -0.3 is 15.8 Å². The average Bonchev–Trinajstić information content (AvgIpc) is 2.82. The number of hydrogen-bond acceptors (Lipinski definition) is 5. The van der Waals surface area contributed by atoms with Gasteiger partial charge in [0.05, 0.1) is 10.5 Å². The molecular weight excluding hydrogens is 262 g/mol. The van der Waals surface area contributed by atoms with E-state index in [9.17, 15) is 14.9 Å². The van der Waals surface area contributed by atoms with Crippen LogP contribution in [0.2, 0.25) is 0 Å². The zero-order chi connectivity index (χ0) is 14.8. The van der Waals surface area contributed by atoms with Gasteiger partial charge in [0.2, 0.25) is 0 Å². The van der Waals surface area contributed by atoms with Crippen molar-refractivity contribution >= 4 is 17.3 Å². The third kappa shape index (κ3) is 2.88. The van der Waals surface area contributed by atoms with Crippen molar-refractivity contribution in [1.29, 1.82) is 0 Å². The summed E-state index contributed by atoms with van der Waals surface area (Å²) < 4.78 is 5.55. The van der Waals surface area contributed by atoms with Crippen LogP contribution in [0.4, 0.5) is 11.4 Å². The van der Waals surface area contributed by atoms with Crippen LogP contribution in [0.1, 0.15) is 30.1 Å². The van der Waals surface area contributed by atoms with E-state index in [0.717, 1.165) is 12.8 Å². The predicted octanol–water partition coefficient (Wildman–Crippen LogP) is 1.48. The zero-order valence-electron chi connectivity index (χ0n) is 11.2. The lowest BCUT2D eigenvalue weighted by atomic mass is 10.0. The third-order valence-corrected chi connectivity index (χ3v) is 3.42. The van der Waals surface area contributed by atoms with Gasteiger partial charge in [-0.15, -0.1) is 0 Å². The Labute approximate surface area is 116 Å². The van der Waals surface area contributed by atoms with E-state index in [1.807, 2.05) is 6.92 Å². The summed E-state index contributed by atoms with van der Waals surface area (Å²) in [5, 5.41) is 13.7. The van der Waals surface area contributed by atoms with Gasteiger partial charge >= 0.3 is 5.69 Å². The fourth-order valence-corrected chi connectivity index (χ4v) is 2.29. The van der Waals surface area contributed by atoms with E-state index in [-0.39, 0.29) is 16.9 Å². The zero-order valence-corrected chi connectivity index (χ0v) is 11.2. The number of carbonyl (C=O) groups is 1. The van der Waals surface area contributed by atoms with Crippen LogP contribution in [0.25, 0.3) is 0 Å². The minimum absolute atomic E-state index is 0.0222. The van der Waals surface area contributed by atoms with Gasteiger partial charge in [-0.05, 0) is 31.9 Å². The number of nitro benzene ring substituents is 1. The summed E-state index contributed by atoms with van der Waals surface area (Å²) >= 11 is 0. The predicted molar refractivity (Wildman–Crippen MR) is 73.4 cm³/mol. The number of carbonyl (C=O) groups excluding carboxylic acids is 1. The van der Waals surface area contributed by atoms with Gasteiger partial charge in [0, 0.05) is 13.2 Å². The first-order valence-corrected chi connectivity index (χ1v) is 6.38. The number of rotatable bonds is 4. The van der Waals surface area contributed by atoms with Crippen LogP contribution in [0.15, 0.2) is 18.2 Å². The summed E-state index contributed by atoms with van der Waals surface area (Å²) in [4.78, 5) is 22.4. The van der Waals surface area contributed by atoms with E-state index in [4.69, 9.17) is 10.5 Å². The fraction of sp³-hybridized carbons (Fsp3) is 0.462. The molecule has 1 heterocycles. The molecule has 1 aromatic carbocycles. The van der Waals surface area contributed by atoms with Gasteiger partial charge in [-0.3, -0.25) is 14.9 Å². The minimum Gasteiger partial charge on any atom is -0.393 e. The summed E-state index contributed by atoms with van der Waals surface area (Å²) in [5.74, 6) is -0.513. The van der Waals surface area contributed by atoms with Crippen molar-refractivity contribution in [2.75, 3.05) is 18.9 Å². The molecule has 0 spiro atoms. The third-order valence-electron chi connectivity index (χ3n) is 3.42. The molecule has 0 aliphatic carbocycles. The van der Waals surface area contributed by atoms with Crippen LogP contribution in [0, 0.1) is 10.1 Å². The first-order chi connectivity index (χ1) is 9.43. The number of ether oxygens (including phenoxy) is 1. The molecule has 1 aliphatic rings. The van der Waals surface area contributed by atoms with E-state index in [2.05, 4.69) is 5.32 Å². The molecule has 108 valence electrons. The van der Waals surface area contributed by atoms with Crippen molar-refractivity contribution in [3.8, 4) is 0 Å². The molecule has 1 amide bonds. The second-order valence-electron chi connectivity index (χ2n) is 5.09. The lowest BCUT2D eigenvalue weighted by molar-refractivity contribution is -0.384. The number of nitrogens with two attached hydrogens (primary N) is 1. The molecule has 1 saturated heterocycles. The maximum Gasteiger partial charge on any atom is 0.304 e. The van der Waals surface area contributed by atoms with Crippen molar-refractivity contribution in [2.24, 2.45) is 0 Å². The Morgan fingerprint density at radius 2 is 2.35 bits per heavy atom. The van der Waals surface area contributed by atoms with Gasteiger partial charge in [-0.25, -0.2) is 0 Å². The van der Waals surface area contributed by atoms with Gasteiger partial charge in [0.1, 0.15) is 11.3 Å². The maximum atomic E-state index is 12.1. The molecule has 0 aromatic heterocycles. The van der Waals surface area contributed by atoms with Gasteiger partial charge in [-0.1, -0.05) is 6.07 Å². The van der Waals surface area contributed by atoms with E-state index in [1.165, 1.54) is 18.2 Å². The normalized spacial score (nSPS) is 21.6. The van der Waals surface area contributed by atoms with Crippen LogP contribution in [-0.4, -0.2) is 29.6 Å². The smallest absolute Gasteiger partial charge is 0.304 e.